The summed E-state index contributed by atoms with van der Waals surface area (Å²) in [7, 11) is 0. The molecule has 2 unspecified atom stereocenters. The summed E-state index contributed by atoms with van der Waals surface area (Å²) < 4.78 is 0. The van der Waals surface area contributed by atoms with Crippen LogP contribution < -0.4 is 16.4 Å². The van der Waals surface area contributed by atoms with E-state index in [1.165, 1.54) is 38.1 Å². The van der Waals surface area contributed by atoms with E-state index in [9.17, 15) is 48.5 Å². The number of carbonyl (C=O) groups excluding carboxylic acids is 8. The molecular weight excluding hydrogens is 580 g/mol. The SMILES string of the molecule is CC1(N2C(=O)c3cccc(N)c3C2=O)CCC(=O)NC1=O.CC1(N2C(=O)c3cccc([N+](=O)[O-])c3C2=O)CCC(=O)NC1=O. The van der Waals surface area contributed by atoms with Crippen LogP contribution in [0.3, 0.4) is 0 Å². The molecule has 8 amide bonds. The van der Waals surface area contributed by atoms with Crippen molar-refractivity contribution in [2.45, 2.75) is 50.6 Å². The molecule has 2 atom stereocenters. The lowest BCUT2D eigenvalue weighted by Crippen LogP contribution is -2.62. The van der Waals surface area contributed by atoms with E-state index in [2.05, 4.69) is 10.6 Å². The minimum atomic E-state index is -1.56. The largest absolute Gasteiger partial charge is 0.398 e. The second kappa shape index (κ2) is 10.2. The summed E-state index contributed by atoms with van der Waals surface area (Å²) in [5.41, 5.74) is 2.40. The lowest BCUT2D eigenvalue weighted by molar-refractivity contribution is -0.385. The monoisotopic (exact) mass is 604 g/mol. The number of fused-ring (bicyclic) bond motifs is 2. The molecule has 2 aromatic carbocycles. The Hall–Kier alpha value is -5.80. The van der Waals surface area contributed by atoms with Crippen LogP contribution in [-0.2, 0) is 19.2 Å². The molecule has 0 bridgehead atoms. The van der Waals surface area contributed by atoms with E-state index in [1.54, 1.807) is 6.07 Å². The van der Waals surface area contributed by atoms with Crippen molar-refractivity contribution in [2.75, 3.05) is 5.73 Å². The van der Waals surface area contributed by atoms with Crippen molar-refractivity contribution in [3.63, 3.8) is 0 Å². The lowest BCUT2D eigenvalue weighted by atomic mass is 9.89. The third-order valence-corrected chi connectivity index (χ3v) is 8.19. The summed E-state index contributed by atoms with van der Waals surface area (Å²) in [5.74, 6) is -5.15. The summed E-state index contributed by atoms with van der Waals surface area (Å²) in [4.78, 5) is 109. The first-order chi connectivity index (χ1) is 20.6. The van der Waals surface area contributed by atoms with Gasteiger partial charge < -0.3 is 5.73 Å². The molecule has 16 heteroatoms. The number of nitrogen functional groups attached to an aromatic ring is 1. The first kappa shape index (κ1) is 29.7. The van der Waals surface area contributed by atoms with Crippen molar-refractivity contribution in [3.8, 4) is 0 Å². The van der Waals surface area contributed by atoms with Crippen molar-refractivity contribution in [1.82, 2.24) is 20.4 Å². The van der Waals surface area contributed by atoms with Gasteiger partial charge in [-0.2, -0.15) is 0 Å². The average Bonchev–Trinajstić information content (AvgIpc) is 3.39. The Bertz CT molecular complexity index is 1770. The van der Waals surface area contributed by atoms with Crippen LogP contribution in [0.5, 0.6) is 0 Å². The molecule has 6 rings (SSSR count). The maximum absolute atomic E-state index is 12.6. The van der Waals surface area contributed by atoms with E-state index in [-0.39, 0.29) is 53.6 Å². The van der Waals surface area contributed by atoms with Gasteiger partial charge in [-0.3, -0.25) is 68.9 Å². The van der Waals surface area contributed by atoms with Crippen molar-refractivity contribution >= 4 is 58.6 Å². The minimum Gasteiger partial charge on any atom is -0.398 e. The highest BCUT2D eigenvalue weighted by Gasteiger charge is 2.55. The zero-order valence-corrected chi connectivity index (χ0v) is 23.3. The van der Waals surface area contributed by atoms with Crippen LogP contribution in [0.25, 0.3) is 0 Å². The van der Waals surface area contributed by atoms with E-state index >= 15 is 0 Å². The first-order valence-corrected chi connectivity index (χ1v) is 13.3. The number of hydrogen-bond acceptors (Lipinski definition) is 11. The highest BCUT2D eigenvalue weighted by atomic mass is 16.6. The zero-order chi connectivity index (χ0) is 32.3. The molecule has 0 radical (unpaired) electrons. The standard InChI is InChI=1S/C14H11N3O6.C14H13N3O4/c1-14(6-5-9(18)15-13(14)21)16-11(19)7-3-2-4-8(17(22)23)10(7)12(16)20;1-14(6-5-9(18)16-13(14)21)17-11(19)7-3-2-4-8(15)10(7)12(17)20/h2-4H,5-6H2,1H3,(H,15,18,21);2-4H,5-6,15H2,1H3,(H,16,18,21). The molecule has 2 aromatic rings. The van der Waals surface area contributed by atoms with E-state index in [0.29, 0.717) is 4.90 Å². The molecule has 0 aromatic heterocycles. The second-order valence-corrected chi connectivity index (χ2v) is 10.9. The Morgan fingerprint density at radius 2 is 1.14 bits per heavy atom. The number of rotatable bonds is 3. The second-order valence-electron chi connectivity index (χ2n) is 10.9. The number of amides is 8. The van der Waals surface area contributed by atoms with Crippen molar-refractivity contribution in [2.24, 2.45) is 0 Å². The molecule has 2 fully saturated rings. The molecule has 4 heterocycles. The summed E-state index contributed by atoms with van der Waals surface area (Å²) >= 11 is 0. The number of piperidine rings is 2. The van der Waals surface area contributed by atoms with Gasteiger partial charge in [0, 0.05) is 24.6 Å². The molecule has 226 valence electrons. The van der Waals surface area contributed by atoms with Gasteiger partial charge in [-0.1, -0.05) is 12.1 Å². The van der Waals surface area contributed by atoms with Crippen LogP contribution in [0, 0.1) is 10.1 Å². The van der Waals surface area contributed by atoms with Crippen molar-refractivity contribution < 1.29 is 43.3 Å². The number of nitro groups is 1. The predicted molar refractivity (Wildman–Crippen MR) is 147 cm³/mol. The molecule has 2 saturated heterocycles. The van der Waals surface area contributed by atoms with Crippen LogP contribution in [0.15, 0.2) is 36.4 Å². The molecule has 0 spiro atoms. The van der Waals surface area contributed by atoms with E-state index in [4.69, 9.17) is 5.73 Å². The Morgan fingerprint density at radius 1 is 0.705 bits per heavy atom. The van der Waals surface area contributed by atoms with Gasteiger partial charge in [0.25, 0.3) is 41.1 Å². The molecule has 44 heavy (non-hydrogen) atoms. The van der Waals surface area contributed by atoms with Crippen LogP contribution in [-0.4, -0.2) is 73.1 Å². The molecule has 0 saturated carbocycles. The van der Waals surface area contributed by atoms with Crippen molar-refractivity contribution in [3.05, 3.63) is 68.8 Å². The lowest BCUT2D eigenvalue weighted by Gasteiger charge is -2.38. The maximum atomic E-state index is 12.6. The van der Waals surface area contributed by atoms with Crippen LogP contribution in [0.2, 0.25) is 0 Å². The van der Waals surface area contributed by atoms with Gasteiger partial charge in [-0.25, -0.2) is 0 Å². The Morgan fingerprint density at radius 3 is 1.57 bits per heavy atom. The molecule has 16 nitrogen and oxygen atoms in total. The summed E-state index contributed by atoms with van der Waals surface area (Å²) in [6, 6.07) is 8.34. The smallest absolute Gasteiger partial charge is 0.282 e. The number of nitrogens with two attached hydrogens (primary N) is 1. The third kappa shape index (κ3) is 4.29. The normalized spacial score (nSPS) is 24.4. The topological polar surface area (TPSA) is 236 Å². The zero-order valence-electron chi connectivity index (χ0n) is 23.3. The number of carbonyl (C=O) groups is 8. The Kier molecular flexibility index (Phi) is 6.87. The highest BCUT2D eigenvalue weighted by Crippen LogP contribution is 2.38. The maximum Gasteiger partial charge on any atom is 0.282 e. The number of nitrogens with zero attached hydrogens (tertiary/aromatic N) is 3. The number of hydrogen-bond donors (Lipinski definition) is 3. The number of anilines is 1. The third-order valence-electron chi connectivity index (χ3n) is 8.19. The summed E-state index contributed by atoms with van der Waals surface area (Å²) in [6.45, 7) is 2.84. The van der Waals surface area contributed by atoms with Crippen LogP contribution in [0.1, 0.15) is 81.0 Å². The summed E-state index contributed by atoms with van der Waals surface area (Å²) in [6.07, 6.45) is 0.114. The Balaban J connectivity index is 0.000000175. The average molecular weight is 605 g/mol. The van der Waals surface area contributed by atoms with Crippen molar-refractivity contribution in [1.29, 1.82) is 0 Å². The van der Waals surface area contributed by atoms with E-state index < -0.39 is 68.9 Å². The fourth-order valence-corrected chi connectivity index (χ4v) is 5.64. The molecule has 0 aliphatic carbocycles. The number of imide groups is 4. The van der Waals surface area contributed by atoms with Gasteiger partial charge in [0.15, 0.2) is 0 Å². The number of nitrogens with one attached hydrogen (secondary N) is 2. The highest BCUT2D eigenvalue weighted by molar-refractivity contribution is 6.27. The van der Waals surface area contributed by atoms with Gasteiger partial charge in [0.1, 0.15) is 16.6 Å². The minimum absolute atomic E-state index is 0.0300. The fourth-order valence-electron chi connectivity index (χ4n) is 5.64. The molecule has 4 aliphatic rings. The fraction of sp³-hybridized carbons (Fsp3) is 0.286. The van der Waals surface area contributed by atoms with Gasteiger partial charge in [-0.15, -0.1) is 0 Å². The molecule has 4 N–H and O–H groups in total. The number of benzene rings is 2. The van der Waals surface area contributed by atoms with Gasteiger partial charge >= 0.3 is 0 Å². The predicted octanol–water partition coefficient (Wildman–Crippen LogP) is 0.446. The van der Waals surface area contributed by atoms with Gasteiger partial charge in [0.05, 0.1) is 21.6 Å². The Labute approximate surface area is 247 Å². The molecular formula is C28H24N6O10. The van der Waals surface area contributed by atoms with Gasteiger partial charge in [-0.05, 0) is 44.9 Å². The van der Waals surface area contributed by atoms with Crippen LogP contribution >= 0.6 is 0 Å². The van der Waals surface area contributed by atoms with Crippen LogP contribution in [0.4, 0.5) is 11.4 Å². The van der Waals surface area contributed by atoms with Gasteiger partial charge in [0.2, 0.25) is 11.8 Å². The van der Waals surface area contributed by atoms with E-state index in [0.717, 1.165) is 11.0 Å². The summed E-state index contributed by atoms with van der Waals surface area (Å²) in [5, 5.41) is 15.4. The number of nitro benzene ring substituents is 1. The molecule has 4 aliphatic heterocycles. The first-order valence-electron chi connectivity index (χ1n) is 13.3. The quantitative estimate of drug-likeness (QED) is 0.188. The van der Waals surface area contributed by atoms with E-state index in [1.807, 2.05) is 0 Å².